The van der Waals surface area contributed by atoms with Gasteiger partial charge in [-0.2, -0.15) is 5.10 Å². The summed E-state index contributed by atoms with van der Waals surface area (Å²) in [7, 11) is 1.61. The van der Waals surface area contributed by atoms with E-state index in [-0.39, 0.29) is 12.1 Å². The minimum Gasteiger partial charge on any atom is -0.497 e. The summed E-state index contributed by atoms with van der Waals surface area (Å²) in [5.41, 5.74) is 2.58. The standard InChI is InChI=1S/C21H19N3O3/c1-27-17-9-5-8-16(12-17)18-13-19-21(26)23(10-11-24(19)22-18)14-20(25)15-6-3-2-4-7-15/h2-13,20,25H,14H2,1H3/t20-/m1/s1. The van der Waals surface area contributed by atoms with Crippen LogP contribution in [0.4, 0.5) is 0 Å². The molecular weight excluding hydrogens is 342 g/mol. The maximum atomic E-state index is 12.8. The average molecular weight is 361 g/mol. The van der Waals surface area contributed by atoms with Crippen LogP contribution in [0.2, 0.25) is 0 Å². The van der Waals surface area contributed by atoms with Crippen molar-refractivity contribution in [1.82, 2.24) is 14.2 Å². The zero-order valence-electron chi connectivity index (χ0n) is 14.8. The Kier molecular flexibility index (Phi) is 4.48. The van der Waals surface area contributed by atoms with Crippen LogP contribution < -0.4 is 10.3 Å². The molecule has 1 atom stereocenters. The molecule has 4 rings (SSSR count). The molecule has 0 saturated carbocycles. The van der Waals surface area contributed by atoms with Gasteiger partial charge in [0.2, 0.25) is 0 Å². The van der Waals surface area contributed by atoms with E-state index in [4.69, 9.17) is 4.74 Å². The lowest BCUT2D eigenvalue weighted by molar-refractivity contribution is 0.155. The molecule has 0 bridgehead atoms. The van der Waals surface area contributed by atoms with Crippen LogP contribution in [0.3, 0.4) is 0 Å². The average Bonchev–Trinajstić information content (AvgIpc) is 3.16. The van der Waals surface area contributed by atoms with Gasteiger partial charge in [0.1, 0.15) is 11.3 Å². The van der Waals surface area contributed by atoms with Gasteiger partial charge in [-0.3, -0.25) is 4.79 Å². The molecule has 136 valence electrons. The summed E-state index contributed by atoms with van der Waals surface area (Å²) in [5, 5.41) is 14.9. The number of aliphatic hydroxyl groups excluding tert-OH is 1. The third-order valence-electron chi connectivity index (χ3n) is 4.52. The molecule has 6 heteroatoms. The van der Waals surface area contributed by atoms with E-state index >= 15 is 0 Å². The molecule has 1 N–H and O–H groups in total. The van der Waals surface area contributed by atoms with E-state index in [9.17, 15) is 9.90 Å². The molecule has 0 radical (unpaired) electrons. The summed E-state index contributed by atoms with van der Waals surface area (Å²) < 4.78 is 8.31. The van der Waals surface area contributed by atoms with Crippen molar-refractivity contribution in [3.8, 4) is 17.0 Å². The highest BCUT2D eigenvalue weighted by Gasteiger charge is 2.13. The van der Waals surface area contributed by atoms with Gasteiger partial charge in [0.15, 0.2) is 0 Å². The lowest BCUT2D eigenvalue weighted by atomic mass is 10.1. The van der Waals surface area contributed by atoms with Crippen LogP contribution in [-0.4, -0.2) is 26.4 Å². The first-order chi connectivity index (χ1) is 13.2. The van der Waals surface area contributed by atoms with E-state index in [2.05, 4.69) is 5.10 Å². The van der Waals surface area contributed by atoms with Gasteiger partial charge < -0.3 is 14.4 Å². The molecule has 27 heavy (non-hydrogen) atoms. The predicted molar refractivity (Wildman–Crippen MR) is 103 cm³/mol. The number of ether oxygens (including phenoxy) is 1. The molecule has 0 aliphatic heterocycles. The quantitative estimate of drug-likeness (QED) is 0.593. The molecule has 2 aromatic carbocycles. The maximum Gasteiger partial charge on any atom is 0.276 e. The highest BCUT2D eigenvalue weighted by Crippen LogP contribution is 2.23. The highest BCUT2D eigenvalue weighted by molar-refractivity contribution is 5.66. The maximum absolute atomic E-state index is 12.8. The number of fused-ring (bicyclic) bond motifs is 1. The van der Waals surface area contributed by atoms with Crippen LogP contribution in [0, 0.1) is 0 Å². The number of nitrogens with zero attached hydrogens (tertiary/aromatic N) is 3. The zero-order chi connectivity index (χ0) is 18.8. The Labute approximate surface area is 155 Å². The van der Waals surface area contributed by atoms with Crippen LogP contribution in [0.1, 0.15) is 11.7 Å². The lowest BCUT2D eigenvalue weighted by Gasteiger charge is -2.13. The largest absolute Gasteiger partial charge is 0.497 e. The topological polar surface area (TPSA) is 68.8 Å². The summed E-state index contributed by atoms with van der Waals surface area (Å²) in [6, 6.07) is 18.6. The Morgan fingerprint density at radius 3 is 2.67 bits per heavy atom. The molecule has 0 spiro atoms. The molecule has 0 amide bonds. The zero-order valence-corrected chi connectivity index (χ0v) is 14.8. The summed E-state index contributed by atoms with van der Waals surface area (Å²) in [6.45, 7) is 0.180. The van der Waals surface area contributed by atoms with Crippen LogP contribution in [0.15, 0.2) is 77.9 Å². The molecule has 6 nitrogen and oxygen atoms in total. The Bertz CT molecular complexity index is 1130. The molecule has 2 aromatic heterocycles. The summed E-state index contributed by atoms with van der Waals surface area (Å²) >= 11 is 0. The third kappa shape index (κ3) is 3.35. The summed E-state index contributed by atoms with van der Waals surface area (Å²) in [5.74, 6) is 0.730. The Morgan fingerprint density at radius 2 is 1.89 bits per heavy atom. The van der Waals surface area contributed by atoms with Crippen LogP contribution in [-0.2, 0) is 6.54 Å². The number of methoxy groups -OCH3 is 1. The molecule has 0 unspecified atom stereocenters. The fourth-order valence-corrected chi connectivity index (χ4v) is 3.06. The van der Waals surface area contributed by atoms with E-state index in [1.165, 1.54) is 4.57 Å². The van der Waals surface area contributed by atoms with Gasteiger partial charge in [-0.05, 0) is 23.8 Å². The molecule has 0 saturated heterocycles. The van der Waals surface area contributed by atoms with E-state index in [0.717, 1.165) is 16.9 Å². The minimum atomic E-state index is -0.757. The van der Waals surface area contributed by atoms with Crippen molar-refractivity contribution >= 4 is 5.52 Å². The van der Waals surface area contributed by atoms with E-state index in [0.29, 0.717) is 11.2 Å². The van der Waals surface area contributed by atoms with Crippen LogP contribution in [0.5, 0.6) is 5.75 Å². The summed E-state index contributed by atoms with van der Waals surface area (Å²) in [6.07, 6.45) is 2.61. The van der Waals surface area contributed by atoms with Gasteiger partial charge >= 0.3 is 0 Å². The van der Waals surface area contributed by atoms with Crippen molar-refractivity contribution in [2.45, 2.75) is 12.6 Å². The van der Waals surface area contributed by atoms with E-state index < -0.39 is 6.10 Å². The molecule has 0 aliphatic rings. The number of hydrogen-bond donors (Lipinski definition) is 1. The highest BCUT2D eigenvalue weighted by atomic mass is 16.5. The normalized spacial score (nSPS) is 12.2. The third-order valence-corrected chi connectivity index (χ3v) is 4.52. The van der Waals surface area contributed by atoms with Crippen molar-refractivity contribution in [3.05, 3.63) is 89.0 Å². The molecule has 4 aromatic rings. The van der Waals surface area contributed by atoms with Gasteiger partial charge in [0.05, 0.1) is 25.5 Å². The van der Waals surface area contributed by atoms with Crippen molar-refractivity contribution in [3.63, 3.8) is 0 Å². The Balaban J connectivity index is 1.69. The van der Waals surface area contributed by atoms with Gasteiger partial charge in [0.25, 0.3) is 5.56 Å². The van der Waals surface area contributed by atoms with Gasteiger partial charge in [-0.25, -0.2) is 4.52 Å². The number of aliphatic hydroxyl groups is 1. The second kappa shape index (κ2) is 7.09. The second-order valence-corrected chi connectivity index (χ2v) is 6.27. The van der Waals surface area contributed by atoms with Crippen LogP contribution in [0.25, 0.3) is 16.8 Å². The first-order valence-corrected chi connectivity index (χ1v) is 8.62. The first-order valence-electron chi connectivity index (χ1n) is 8.62. The van der Waals surface area contributed by atoms with Gasteiger partial charge in [0, 0.05) is 18.0 Å². The first kappa shape index (κ1) is 17.1. The number of benzene rings is 2. The predicted octanol–water partition coefficient (Wildman–Crippen LogP) is 2.91. The SMILES string of the molecule is COc1cccc(-c2cc3c(=O)n(C[C@@H](O)c4ccccc4)ccn3n2)c1. The van der Waals surface area contributed by atoms with Crippen molar-refractivity contribution < 1.29 is 9.84 Å². The fraction of sp³-hybridized carbons (Fsp3) is 0.143. The van der Waals surface area contributed by atoms with Gasteiger partial charge in [-0.15, -0.1) is 0 Å². The monoisotopic (exact) mass is 361 g/mol. The van der Waals surface area contributed by atoms with Crippen LogP contribution >= 0.6 is 0 Å². The summed E-state index contributed by atoms with van der Waals surface area (Å²) in [4.78, 5) is 12.8. The molecule has 0 fully saturated rings. The number of rotatable bonds is 5. The smallest absolute Gasteiger partial charge is 0.276 e. The number of aromatic nitrogens is 3. The molecular formula is C21H19N3O3. The Morgan fingerprint density at radius 1 is 1.07 bits per heavy atom. The molecule has 0 aliphatic carbocycles. The van der Waals surface area contributed by atoms with Crippen molar-refractivity contribution in [2.75, 3.05) is 7.11 Å². The molecule has 2 heterocycles. The second-order valence-electron chi connectivity index (χ2n) is 6.27. The lowest BCUT2D eigenvalue weighted by Crippen LogP contribution is -2.24. The Hall–Kier alpha value is -3.38. The van der Waals surface area contributed by atoms with Crippen molar-refractivity contribution in [2.24, 2.45) is 0 Å². The van der Waals surface area contributed by atoms with E-state index in [1.807, 2.05) is 54.6 Å². The van der Waals surface area contributed by atoms with Crippen molar-refractivity contribution in [1.29, 1.82) is 0 Å². The van der Waals surface area contributed by atoms with Gasteiger partial charge in [-0.1, -0.05) is 42.5 Å². The fourth-order valence-electron chi connectivity index (χ4n) is 3.06. The van der Waals surface area contributed by atoms with E-state index in [1.54, 1.807) is 30.1 Å². The minimum absolute atomic E-state index is 0.180. The number of hydrogen-bond acceptors (Lipinski definition) is 4.